The summed E-state index contributed by atoms with van der Waals surface area (Å²) in [7, 11) is 2.74. The van der Waals surface area contributed by atoms with Crippen LogP contribution in [0.5, 0.6) is 0 Å². The summed E-state index contributed by atoms with van der Waals surface area (Å²) < 4.78 is 4.82. The molecule has 10 nitrogen and oxygen atoms in total. The molecule has 23 heavy (non-hydrogen) atoms. The van der Waals surface area contributed by atoms with E-state index in [1.54, 1.807) is 12.1 Å². The Morgan fingerprint density at radius 3 is 2.65 bits per heavy atom. The third kappa shape index (κ3) is 9.42. The van der Waals surface area contributed by atoms with E-state index in [2.05, 4.69) is 20.7 Å². The van der Waals surface area contributed by atoms with Crippen molar-refractivity contribution in [3.05, 3.63) is 40.2 Å². The third-order valence-corrected chi connectivity index (χ3v) is 4.38. The van der Waals surface area contributed by atoms with Crippen molar-refractivity contribution in [3.63, 3.8) is 0 Å². The van der Waals surface area contributed by atoms with Crippen molar-refractivity contribution in [3.8, 4) is 0 Å². The van der Waals surface area contributed by atoms with Crippen LogP contribution in [0.3, 0.4) is 0 Å². The van der Waals surface area contributed by atoms with Crippen molar-refractivity contribution in [2.75, 3.05) is 24.7 Å². The Kier molecular flexibility index (Phi) is 9.31. The minimum absolute atomic E-state index is 0.00633. The Bertz CT molecular complexity index is 518. The molecule has 0 atom stereocenters. The minimum atomic E-state index is -0.849. The van der Waals surface area contributed by atoms with Gasteiger partial charge < -0.3 is 9.57 Å². The van der Waals surface area contributed by atoms with Gasteiger partial charge in [0.1, 0.15) is 13.2 Å². The lowest BCUT2D eigenvalue weighted by Crippen LogP contribution is -2.42. The highest BCUT2D eigenvalue weighted by Gasteiger charge is 2.07. The molecule has 2 N–H and O–H groups in total. The van der Waals surface area contributed by atoms with Crippen LogP contribution >= 0.6 is 21.6 Å². The van der Waals surface area contributed by atoms with Crippen LogP contribution in [0.2, 0.25) is 0 Å². The molecule has 1 aromatic rings. The Hall–Kier alpha value is -2.21. The highest BCUT2D eigenvalue weighted by atomic mass is 33.1. The van der Waals surface area contributed by atoms with Crippen LogP contribution in [-0.2, 0) is 9.57 Å². The highest BCUT2D eigenvalue weighted by molar-refractivity contribution is 8.76. The SMILES string of the molecule is O=C(NNC(=O)c1cccnc1)OCCSSCCO[N+](=O)[O-]. The number of pyridine rings is 1. The fourth-order valence-electron chi connectivity index (χ4n) is 1.15. The summed E-state index contributed by atoms with van der Waals surface area (Å²) >= 11 is 0. The van der Waals surface area contributed by atoms with Gasteiger partial charge in [-0.2, -0.15) is 0 Å². The van der Waals surface area contributed by atoms with Crippen LogP contribution in [0.4, 0.5) is 4.79 Å². The number of hydrogen-bond acceptors (Lipinski definition) is 9. The third-order valence-electron chi connectivity index (χ3n) is 2.05. The molecule has 0 aliphatic heterocycles. The molecular weight excluding hydrogens is 348 g/mol. The first-order chi connectivity index (χ1) is 11.1. The smallest absolute Gasteiger partial charge is 0.426 e. The number of carbonyl (C=O) groups is 2. The molecule has 0 saturated carbocycles. The second-order valence-corrected chi connectivity index (χ2v) is 6.36. The van der Waals surface area contributed by atoms with Crippen molar-refractivity contribution in [2.45, 2.75) is 0 Å². The van der Waals surface area contributed by atoms with Crippen molar-refractivity contribution in [1.29, 1.82) is 0 Å². The highest BCUT2D eigenvalue weighted by Crippen LogP contribution is 2.20. The summed E-state index contributed by atoms with van der Waals surface area (Å²) in [4.78, 5) is 40.7. The van der Waals surface area contributed by atoms with Crippen LogP contribution < -0.4 is 10.9 Å². The van der Waals surface area contributed by atoms with E-state index in [0.717, 1.165) is 0 Å². The van der Waals surface area contributed by atoms with E-state index >= 15 is 0 Å². The Labute approximate surface area is 139 Å². The molecule has 0 unspecified atom stereocenters. The first-order valence-electron chi connectivity index (χ1n) is 6.24. The van der Waals surface area contributed by atoms with Gasteiger partial charge in [0.2, 0.25) is 0 Å². The number of carbonyl (C=O) groups excluding carboxylic acids is 2. The number of nitrogens with zero attached hydrogens (tertiary/aromatic N) is 2. The zero-order valence-electron chi connectivity index (χ0n) is 11.8. The summed E-state index contributed by atoms with van der Waals surface area (Å²) in [5, 5.41) is 9.03. The molecule has 126 valence electrons. The van der Waals surface area contributed by atoms with Gasteiger partial charge in [-0.15, -0.1) is 10.1 Å². The van der Waals surface area contributed by atoms with Gasteiger partial charge >= 0.3 is 6.09 Å². The molecule has 1 rings (SSSR count). The van der Waals surface area contributed by atoms with Crippen molar-refractivity contribution >= 4 is 33.6 Å². The van der Waals surface area contributed by atoms with Gasteiger partial charge in [-0.3, -0.25) is 15.2 Å². The number of hydrogen-bond donors (Lipinski definition) is 2. The van der Waals surface area contributed by atoms with Crippen molar-refractivity contribution in [2.24, 2.45) is 0 Å². The monoisotopic (exact) mass is 362 g/mol. The predicted molar refractivity (Wildman–Crippen MR) is 84.0 cm³/mol. The fourth-order valence-corrected chi connectivity index (χ4v) is 2.79. The van der Waals surface area contributed by atoms with E-state index < -0.39 is 17.1 Å². The van der Waals surface area contributed by atoms with Gasteiger partial charge in [0, 0.05) is 23.9 Å². The Morgan fingerprint density at radius 1 is 1.26 bits per heavy atom. The van der Waals surface area contributed by atoms with Crippen LogP contribution in [0.25, 0.3) is 0 Å². The molecule has 1 heterocycles. The number of amides is 2. The lowest BCUT2D eigenvalue weighted by Gasteiger charge is -2.08. The van der Waals surface area contributed by atoms with E-state index in [1.165, 1.54) is 34.0 Å². The number of ether oxygens (including phenoxy) is 1. The van der Waals surface area contributed by atoms with E-state index in [9.17, 15) is 19.7 Å². The minimum Gasteiger partial charge on any atom is -0.447 e. The van der Waals surface area contributed by atoms with Crippen molar-refractivity contribution < 1.29 is 24.3 Å². The van der Waals surface area contributed by atoms with E-state index in [0.29, 0.717) is 17.1 Å². The maximum Gasteiger partial charge on any atom is 0.426 e. The quantitative estimate of drug-likeness (QED) is 0.286. The maximum atomic E-state index is 11.6. The van der Waals surface area contributed by atoms with Gasteiger partial charge in [-0.05, 0) is 12.1 Å². The maximum absolute atomic E-state index is 11.6. The summed E-state index contributed by atoms with van der Waals surface area (Å²) in [6.45, 7) is 0.134. The molecule has 0 aromatic carbocycles. The van der Waals surface area contributed by atoms with Gasteiger partial charge in [0.25, 0.3) is 11.0 Å². The Morgan fingerprint density at radius 2 is 2.00 bits per heavy atom. The average molecular weight is 362 g/mol. The molecule has 0 aliphatic rings. The Balaban J connectivity index is 2.00. The fraction of sp³-hybridized carbons (Fsp3) is 0.364. The number of aromatic nitrogens is 1. The van der Waals surface area contributed by atoms with Gasteiger partial charge in [0.05, 0.1) is 5.56 Å². The molecule has 0 spiro atoms. The molecule has 0 bridgehead atoms. The van der Waals surface area contributed by atoms with Crippen LogP contribution in [0.15, 0.2) is 24.5 Å². The lowest BCUT2D eigenvalue weighted by molar-refractivity contribution is -0.756. The van der Waals surface area contributed by atoms with Crippen LogP contribution in [0.1, 0.15) is 10.4 Å². The standard InChI is InChI=1S/C11H14N4O6S2/c16-10(9-2-1-3-12-8-9)13-14-11(17)20-4-6-22-23-7-5-21-15(18)19/h1-3,8H,4-7H2,(H,13,16)(H,14,17). The molecule has 1 aromatic heterocycles. The number of nitrogens with one attached hydrogen (secondary N) is 2. The zero-order chi connectivity index (χ0) is 16.9. The van der Waals surface area contributed by atoms with Crippen LogP contribution in [0, 0.1) is 10.1 Å². The van der Waals surface area contributed by atoms with Gasteiger partial charge in [0.15, 0.2) is 0 Å². The number of rotatable bonds is 9. The summed E-state index contributed by atoms with van der Waals surface area (Å²) in [5.74, 6) is 0.428. The first kappa shape index (κ1) is 18.8. The topological polar surface area (TPSA) is 133 Å². The largest absolute Gasteiger partial charge is 0.447 e. The van der Waals surface area contributed by atoms with Gasteiger partial charge in [-0.25, -0.2) is 10.2 Å². The molecule has 2 amide bonds. The van der Waals surface area contributed by atoms with E-state index in [1.807, 2.05) is 0 Å². The molecule has 12 heteroatoms. The summed E-state index contributed by atoms with van der Waals surface area (Å²) in [6.07, 6.45) is 2.10. The van der Waals surface area contributed by atoms with Crippen LogP contribution in [-0.4, -0.2) is 46.8 Å². The predicted octanol–water partition coefficient (Wildman–Crippen LogP) is 1.04. The van der Waals surface area contributed by atoms with Gasteiger partial charge in [-0.1, -0.05) is 21.6 Å². The second kappa shape index (κ2) is 11.4. The normalized spacial score (nSPS) is 9.74. The molecule has 0 saturated heterocycles. The summed E-state index contributed by atoms with van der Waals surface area (Å²) in [6, 6.07) is 3.14. The molecular formula is C11H14N4O6S2. The van der Waals surface area contributed by atoms with E-state index in [4.69, 9.17) is 4.74 Å². The zero-order valence-corrected chi connectivity index (χ0v) is 13.4. The second-order valence-electron chi connectivity index (χ2n) is 3.66. The van der Waals surface area contributed by atoms with Crippen molar-refractivity contribution in [1.82, 2.24) is 15.8 Å². The average Bonchev–Trinajstić information content (AvgIpc) is 2.55. The molecule has 0 radical (unpaired) electrons. The molecule has 0 fully saturated rings. The number of hydrazine groups is 1. The lowest BCUT2D eigenvalue weighted by atomic mass is 10.3. The van der Waals surface area contributed by atoms with E-state index in [-0.39, 0.29) is 13.2 Å². The summed E-state index contributed by atoms with van der Waals surface area (Å²) in [5.41, 5.74) is 4.59. The molecule has 0 aliphatic carbocycles. The first-order valence-corrected chi connectivity index (χ1v) is 8.73.